The van der Waals surface area contributed by atoms with E-state index >= 15 is 0 Å². The Morgan fingerprint density at radius 2 is 1.80 bits per heavy atom. The van der Waals surface area contributed by atoms with Gasteiger partial charge in [0.2, 0.25) is 0 Å². The van der Waals surface area contributed by atoms with Gasteiger partial charge in [-0.05, 0) is 24.0 Å². The summed E-state index contributed by atoms with van der Waals surface area (Å²) in [5.41, 5.74) is -1.45. The maximum absolute atomic E-state index is 13.8. The minimum Gasteiger partial charge on any atom is -0.480 e. The van der Waals surface area contributed by atoms with E-state index in [1.807, 2.05) is 0 Å². The summed E-state index contributed by atoms with van der Waals surface area (Å²) in [5, 5.41) is 11.3. The second-order valence-corrected chi connectivity index (χ2v) is 5.66. The summed E-state index contributed by atoms with van der Waals surface area (Å²) < 4.78 is 27.4. The number of hydrogen-bond donors (Lipinski definition) is 2. The molecule has 1 aromatic rings. The third-order valence-electron chi connectivity index (χ3n) is 2.90. The first-order chi connectivity index (χ1) is 9.05. The van der Waals surface area contributed by atoms with Crippen LogP contribution < -0.4 is 5.32 Å². The molecule has 0 radical (unpaired) electrons. The summed E-state index contributed by atoms with van der Waals surface area (Å²) in [7, 11) is 0. The van der Waals surface area contributed by atoms with Gasteiger partial charge in [0.05, 0.1) is 0 Å². The van der Waals surface area contributed by atoms with Gasteiger partial charge in [-0.15, -0.1) is 0 Å². The first-order valence-corrected chi connectivity index (χ1v) is 6.04. The highest BCUT2D eigenvalue weighted by Gasteiger charge is 2.34. The van der Waals surface area contributed by atoms with Crippen LogP contribution in [0.1, 0.15) is 36.7 Å². The zero-order valence-corrected chi connectivity index (χ0v) is 11.8. The van der Waals surface area contributed by atoms with Crippen LogP contribution in [0.5, 0.6) is 0 Å². The fraction of sp³-hybridized carbons (Fsp3) is 0.429. The predicted octanol–water partition coefficient (Wildman–Crippen LogP) is 2.50. The Bertz CT molecular complexity index is 550. The molecule has 1 aromatic carbocycles. The van der Waals surface area contributed by atoms with Crippen LogP contribution in [0.15, 0.2) is 12.1 Å². The van der Waals surface area contributed by atoms with E-state index in [0.717, 1.165) is 6.07 Å². The Hall–Kier alpha value is -1.98. The number of amides is 1. The lowest BCUT2D eigenvalue weighted by Gasteiger charge is -2.27. The van der Waals surface area contributed by atoms with E-state index in [2.05, 4.69) is 5.32 Å². The van der Waals surface area contributed by atoms with E-state index in [1.54, 1.807) is 20.8 Å². The molecule has 0 saturated carbocycles. The molecule has 0 saturated heterocycles. The number of nitrogens with one attached hydrogen (secondary N) is 1. The number of aryl methyl sites for hydroxylation is 1. The fourth-order valence-electron chi connectivity index (χ4n) is 1.72. The summed E-state index contributed by atoms with van der Waals surface area (Å²) in [6, 6.07) is 0.925. The van der Waals surface area contributed by atoms with Crippen LogP contribution in [0.4, 0.5) is 8.78 Å². The fourth-order valence-corrected chi connectivity index (χ4v) is 1.72. The second kappa shape index (κ2) is 5.56. The van der Waals surface area contributed by atoms with Crippen molar-refractivity contribution < 1.29 is 23.5 Å². The Kier molecular flexibility index (Phi) is 4.47. The van der Waals surface area contributed by atoms with E-state index in [4.69, 9.17) is 5.11 Å². The molecule has 0 aromatic heterocycles. The Balaban J connectivity index is 3.14. The quantitative estimate of drug-likeness (QED) is 0.896. The number of rotatable bonds is 3. The number of halogens is 2. The highest BCUT2D eigenvalue weighted by atomic mass is 19.1. The minimum absolute atomic E-state index is 0.110. The van der Waals surface area contributed by atoms with Gasteiger partial charge in [-0.1, -0.05) is 26.8 Å². The molecule has 6 heteroatoms. The normalized spacial score (nSPS) is 12.9. The highest BCUT2D eigenvalue weighted by Crippen LogP contribution is 2.21. The molecule has 2 N–H and O–H groups in total. The zero-order valence-electron chi connectivity index (χ0n) is 11.8. The van der Waals surface area contributed by atoms with Gasteiger partial charge in [0.15, 0.2) is 0 Å². The van der Waals surface area contributed by atoms with Crippen LogP contribution in [0.25, 0.3) is 0 Å². The molecule has 1 rings (SSSR count). The van der Waals surface area contributed by atoms with Crippen molar-refractivity contribution in [1.29, 1.82) is 0 Å². The molecule has 20 heavy (non-hydrogen) atoms. The molecule has 110 valence electrons. The van der Waals surface area contributed by atoms with Gasteiger partial charge in [0.1, 0.15) is 23.2 Å². The highest BCUT2D eigenvalue weighted by molar-refractivity contribution is 5.97. The molecular weight excluding hydrogens is 268 g/mol. The van der Waals surface area contributed by atoms with Crippen molar-refractivity contribution >= 4 is 11.9 Å². The molecule has 0 heterocycles. The number of aliphatic carboxylic acids is 1. The largest absolute Gasteiger partial charge is 0.480 e. The van der Waals surface area contributed by atoms with Crippen LogP contribution >= 0.6 is 0 Å². The Morgan fingerprint density at radius 3 is 2.25 bits per heavy atom. The Morgan fingerprint density at radius 1 is 1.25 bits per heavy atom. The van der Waals surface area contributed by atoms with Gasteiger partial charge in [-0.3, -0.25) is 4.79 Å². The summed E-state index contributed by atoms with van der Waals surface area (Å²) in [6.07, 6.45) is 0. The standard InChI is InChI=1S/C14H17F2NO3/c1-7-5-6-8(15)9(10(7)16)12(18)17-11(13(19)20)14(2,3)4/h5-6,11H,1-4H3,(H,17,18)(H,19,20)/t11-/m1/s1. The van der Waals surface area contributed by atoms with Crippen LogP contribution in [-0.2, 0) is 4.79 Å². The van der Waals surface area contributed by atoms with Crippen molar-refractivity contribution in [1.82, 2.24) is 5.32 Å². The third kappa shape index (κ3) is 3.31. The monoisotopic (exact) mass is 285 g/mol. The van der Waals surface area contributed by atoms with Crippen molar-refractivity contribution in [2.45, 2.75) is 33.7 Å². The first kappa shape index (κ1) is 16.1. The molecule has 4 nitrogen and oxygen atoms in total. The molecule has 0 aliphatic rings. The number of carboxylic acids is 1. The van der Waals surface area contributed by atoms with E-state index < -0.39 is 40.5 Å². The van der Waals surface area contributed by atoms with E-state index in [0.29, 0.717) is 0 Å². The number of carbonyl (C=O) groups is 2. The van der Waals surface area contributed by atoms with Gasteiger partial charge in [-0.2, -0.15) is 0 Å². The molecule has 1 atom stereocenters. The van der Waals surface area contributed by atoms with Gasteiger partial charge < -0.3 is 10.4 Å². The molecular formula is C14H17F2NO3. The van der Waals surface area contributed by atoms with E-state index in [-0.39, 0.29) is 5.56 Å². The molecule has 0 fully saturated rings. The zero-order chi connectivity index (χ0) is 15.7. The lowest BCUT2D eigenvalue weighted by atomic mass is 9.86. The van der Waals surface area contributed by atoms with Crippen molar-refractivity contribution in [3.05, 3.63) is 34.9 Å². The van der Waals surface area contributed by atoms with E-state index in [1.165, 1.54) is 13.0 Å². The number of carbonyl (C=O) groups excluding carboxylic acids is 1. The van der Waals surface area contributed by atoms with E-state index in [9.17, 15) is 18.4 Å². The SMILES string of the molecule is Cc1ccc(F)c(C(=O)N[C@H](C(=O)O)C(C)(C)C)c1F. The molecule has 0 aliphatic heterocycles. The van der Waals surface area contributed by atoms with Crippen LogP contribution in [0.2, 0.25) is 0 Å². The number of benzene rings is 1. The minimum atomic E-state index is -1.26. The van der Waals surface area contributed by atoms with Crippen molar-refractivity contribution in [3.63, 3.8) is 0 Å². The van der Waals surface area contributed by atoms with Gasteiger partial charge in [0.25, 0.3) is 5.91 Å². The second-order valence-electron chi connectivity index (χ2n) is 5.66. The molecule has 0 aliphatic carbocycles. The van der Waals surface area contributed by atoms with Gasteiger partial charge in [0, 0.05) is 0 Å². The van der Waals surface area contributed by atoms with Crippen molar-refractivity contribution in [3.8, 4) is 0 Å². The van der Waals surface area contributed by atoms with Crippen LogP contribution in [0, 0.1) is 24.0 Å². The van der Waals surface area contributed by atoms with Crippen LogP contribution in [0.3, 0.4) is 0 Å². The number of hydrogen-bond acceptors (Lipinski definition) is 2. The lowest BCUT2D eigenvalue weighted by molar-refractivity contribution is -0.142. The summed E-state index contributed by atoms with van der Waals surface area (Å²) in [4.78, 5) is 23.1. The first-order valence-electron chi connectivity index (χ1n) is 6.04. The molecule has 0 bridgehead atoms. The predicted molar refractivity (Wildman–Crippen MR) is 69.4 cm³/mol. The maximum atomic E-state index is 13.8. The summed E-state index contributed by atoms with van der Waals surface area (Å²) in [6.45, 7) is 6.21. The van der Waals surface area contributed by atoms with Crippen molar-refractivity contribution in [2.24, 2.45) is 5.41 Å². The molecule has 0 spiro atoms. The average Bonchev–Trinajstić information content (AvgIpc) is 2.29. The maximum Gasteiger partial charge on any atom is 0.326 e. The topological polar surface area (TPSA) is 66.4 Å². The van der Waals surface area contributed by atoms with Gasteiger partial charge in [-0.25, -0.2) is 13.6 Å². The summed E-state index contributed by atoms with van der Waals surface area (Å²) in [5.74, 6) is -4.35. The smallest absolute Gasteiger partial charge is 0.326 e. The Labute approximate surface area is 115 Å². The summed E-state index contributed by atoms with van der Waals surface area (Å²) >= 11 is 0. The molecule has 1 amide bonds. The molecule has 0 unspecified atom stereocenters. The van der Waals surface area contributed by atoms with Crippen LogP contribution in [-0.4, -0.2) is 23.0 Å². The lowest BCUT2D eigenvalue weighted by Crippen LogP contribution is -2.49. The van der Waals surface area contributed by atoms with Crippen molar-refractivity contribution in [2.75, 3.05) is 0 Å². The van der Waals surface area contributed by atoms with Gasteiger partial charge >= 0.3 is 5.97 Å². The average molecular weight is 285 g/mol. The third-order valence-corrected chi connectivity index (χ3v) is 2.90. The number of carboxylic acid groups (broad SMARTS) is 1.